The molecule has 0 aromatic carbocycles. The fourth-order valence-corrected chi connectivity index (χ4v) is 1.20. The monoisotopic (exact) mass is 151 g/mol. The van der Waals surface area contributed by atoms with E-state index in [4.69, 9.17) is 4.74 Å². The van der Waals surface area contributed by atoms with Gasteiger partial charge in [-0.15, -0.1) is 0 Å². The lowest BCUT2D eigenvalue weighted by molar-refractivity contribution is 0.0887. The molecule has 1 aromatic heterocycles. The van der Waals surface area contributed by atoms with Crippen LogP contribution in [0.25, 0.3) is 0 Å². The Balaban J connectivity index is 2.34. The molecule has 0 fully saturated rings. The van der Waals surface area contributed by atoms with Gasteiger partial charge in [0.1, 0.15) is 6.61 Å². The van der Waals surface area contributed by atoms with Crippen LogP contribution in [0.4, 0.5) is 0 Å². The first-order valence-electron chi connectivity index (χ1n) is 3.61. The third-order valence-electron chi connectivity index (χ3n) is 1.72. The molecule has 58 valence electrons. The summed E-state index contributed by atoms with van der Waals surface area (Å²) in [6.07, 6.45) is 1.98. The van der Waals surface area contributed by atoms with E-state index >= 15 is 0 Å². The van der Waals surface area contributed by atoms with Gasteiger partial charge < -0.3 is 9.84 Å². The van der Waals surface area contributed by atoms with Crippen molar-refractivity contribution in [1.82, 2.24) is 4.98 Å². The molecule has 0 radical (unpaired) electrons. The van der Waals surface area contributed by atoms with Crippen molar-refractivity contribution in [2.75, 3.05) is 6.61 Å². The Morgan fingerprint density at radius 3 is 3.45 bits per heavy atom. The summed E-state index contributed by atoms with van der Waals surface area (Å²) < 4.78 is 5.17. The second-order valence-corrected chi connectivity index (χ2v) is 2.64. The molecular weight excluding hydrogens is 142 g/mol. The molecule has 2 rings (SSSR count). The number of ether oxygens (including phenoxy) is 1. The average Bonchev–Trinajstić information content (AvgIpc) is 2.04. The topological polar surface area (TPSA) is 42.4 Å². The molecule has 0 aliphatic carbocycles. The number of nitrogens with zero attached hydrogens (tertiary/aromatic N) is 1. The molecule has 2 heterocycles. The summed E-state index contributed by atoms with van der Waals surface area (Å²) in [6, 6.07) is 3.77. The lowest BCUT2D eigenvalue weighted by Crippen LogP contribution is -2.25. The van der Waals surface area contributed by atoms with Crippen LogP contribution in [-0.4, -0.2) is 22.8 Å². The van der Waals surface area contributed by atoms with Crippen LogP contribution in [0, 0.1) is 0 Å². The van der Waals surface area contributed by atoms with Gasteiger partial charge in [0.15, 0.2) is 0 Å². The Morgan fingerprint density at radius 2 is 2.55 bits per heavy atom. The van der Waals surface area contributed by atoms with Gasteiger partial charge in [-0.3, -0.25) is 0 Å². The summed E-state index contributed by atoms with van der Waals surface area (Å²) in [7, 11) is 0. The molecule has 3 nitrogen and oxygen atoms in total. The van der Waals surface area contributed by atoms with E-state index in [2.05, 4.69) is 4.98 Å². The molecule has 0 saturated heterocycles. The third kappa shape index (κ3) is 1.19. The van der Waals surface area contributed by atoms with Crippen LogP contribution >= 0.6 is 0 Å². The Hall–Kier alpha value is -1.09. The fraction of sp³-hybridized carbons (Fsp3) is 0.375. The van der Waals surface area contributed by atoms with Crippen LogP contribution in [-0.2, 0) is 6.42 Å². The number of pyridine rings is 1. The molecule has 1 unspecified atom stereocenters. The van der Waals surface area contributed by atoms with Crippen molar-refractivity contribution < 1.29 is 9.84 Å². The Kier molecular flexibility index (Phi) is 1.51. The zero-order valence-electron chi connectivity index (χ0n) is 6.03. The third-order valence-corrected chi connectivity index (χ3v) is 1.72. The van der Waals surface area contributed by atoms with Crippen molar-refractivity contribution in [2.45, 2.75) is 12.5 Å². The molecule has 0 amide bonds. The maximum Gasteiger partial charge on any atom is 0.216 e. The van der Waals surface area contributed by atoms with E-state index in [0.29, 0.717) is 18.9 Å². The van der Waals surface area contributed by atoms with Crippen LogP contribution in [0.15, 0.2) is 18.3 Å². The smallest absolute Gasteiger partial charge is 0.216 e. The summed E-state index contributed by atoms with van der Waals surface area (Å²) in [5.74, 6) is 0.665. The van der Waals surface area contributed by atoms with Crippen molar-refractivity contribution in [2.24, 2.45) is 0 Å². The lowest BCUT2D eigenvalue weighted by Gasteiger charge is -2.19. The first-order valence-corrected chi connectivity index (χ1v) is 3.61. The molecule has 0 spiro atoms. The number of aliphatic hydroxyl groups excluding tert-OH is 1. The molecule has 11 heavy (non-hydrogen) atoms. The molecular formula is C8H9NO2. The average molecular weight is 151 g/mol. The first kappa shape index (κ1) is 6.61. The lowest BCUT2D eigenvalue weighted by atomic mass is 10.1. The van der Waals surface area contributed by atoms with Crippen LogP contribution in [0.1, 0.15) is 5.56 Å². The summed E-state index contributed by atoms with van der Waals surface area (Å²) in [5, 5.41) is 9.20. The zero-order valence-corrected chi connectivity index (χ0v) is 6.03. The standard InChI is InChI=1S/C8H9NO2/c10-7-4-6-2-1-3-9-8(6)11-5-7/h1-3,7,10H,4-5H2. The molecule has 1 aliphatic rings. The molecule has 1 atom stereocenters. The minimum atomic E-state index is -0.369. The maximum atomic E-state index is 9.20. The number of hydrogen-bond donors (Lipinski definition) is 1. The van der Waals surface area contributed by atoms with Crippen LogP contribution < -0.4 is 4.74 Å². The zero-order chi connectivity index (χ0) is 7.68. The van der Waals surface area contributed by atoms with Gasteiger partial charge in [-0.05, 0) is 6.07 Å². The van der Waals surface area contributed by atoms with E-state index in [-0.39, 0.29) is 6.10 Å². The predicted molar refractivity (Wildman–Crippen MR) is 39.4 cm³/mol. The highest BCUT2D eigenvalue weighted by molar-refractivity contribution is 5.27. The van der Waals surface area contributed by atoms with Crippen molar-refractivity contribution in [3.63, 3.8) is 0 Å². The number of rotatable bonds is 0. The number of aliphatic hydroxyl groups is 1. The second-order valence-electron chi connectivity index (χ2n) is 2.64. The van der Waals surface area contributed by atoms with E-state index in [1.807, 2.05) is 12.1 Å². The Labute approximate surface area is 64.6 Å². The molecule has 1 aliphatic heterocycles. The van der Waals surface area contributed by atoms with Gasteiger partial charge in [0.05, 0.1) is 6.10 Å². The van der Waals surface area contributed by atoms with Gasteiger partial charge in [-0.2, -0.15) is 0 Å². The Bertz CT molecular complexity index is 262. The summed E-state index contributed by atoms with van der Waals surface area (Å²) in [5.41, 5.74) is 0.992. The normalized spacial score (nSPS) is 22.1. The summed E-state index contributed by atoms with van der Waals surface area (Å²) >= 11 is 0. The predicted octanol–water partition coefficient (Wildman–Crippen LogP) is 0.377. The highest BCUT2D eigenvalue weighted by Gasteiger charge is 2.17. The Morgan fingerprint density at radius 1 is 1.64 bits per heavy atom. The maximum absolute atomic E-state index is 9.20. The second kappa shape index (κ2) is 2.51. The van der Waals surface area contributed by atoms with Gasteiger partial charge in [-0.25, -0.2) is 4.98 Å². The summed E-state index contributed by atoms with van der Waals surface area (Å²) in [6.45, 7) is 0.365. The fourth-order valence-electron chi connectivity index (χ4n) is 1.20. The van der Waals surface area contributed by atoms with Crippen LogP contribution in [0.5, 0.6) is 5.88 Å². The molecule has 1 N–H and O–H groups in total. The van der Waals surface area contributed by atoms with Gasteiger partial charge in [-0.1, -0.05) is 6.07 Å². The van der Waals surface area contributed by atoms with Crippen LogP contribution in [0.3, 0.4) is 0 Å². The highest BCUT2D eigenvalue weighted by Crippen LogP contribution is 2.20. The summed E-state index contributed by atoms with van der Waals surface area (Å²) in [4.78, 5) is 4.02. The minimum absolute atomic E-state index is 0.365. The number of hydrogen-bond acceptors (Lipinski definition) is 3. The van der Waals surface area contributed by atoms with Crippen molar-refractivity contribution in [3.8, 4) is 5.88 Å². The highest BCUT2D eigenvalue weighted by atomic mass is 16.5. The van der Waals surface area contributed by atoms with E-state index in [0.717, 1.165) is 5.56 Å². The van der Waals surface area contributed by atoms with Crippen molar-refractivity contribution in [1.29, 1.82) is 0 Å². The van der Waals surface area contributed by atoms with Crippen LogP contribution in [0.2, 0.25) is 0 Å². The molecule has 1 aromatic rings. The minimum Gasteiger partial charge on any atom is -0.475 e. The van der Waals surface area contributed by atoms with Gasteiger partial charge in [0.2, 0.25) is 5.88 Å². The first-order chi connectivity index (χ1) is 5.36. The van der Waals surface area contributed by atoms with Crippen molar-refractivity contribution >= 4 is 0 Å². The largest absolute Gasteiger partial charge is 0.475 e. The van der Waals surface area contributed by atoms with Gasteiger partial charge in [0, 0.05) is 18.2 Å². The molecule has 0 bridgehead atoms. The quantitative estimate of drug-likeness (QED) is 0.582. The number of aromatic nitrogens is 1. The van der Waals surface area contributed by atoms with Gasteiger partial charge >= 0.3 is 0 Å². The van der Waals surface area contributed by atoms with E-state index in [9.17, 15) is 5.11 Å². The number of fused-ring (bicyclic) bond motifs is 1. The van der Waals surface area contributed by atoms with E-state index in [1.165, 1.54) is 0 Å². The molecule has 0 saturated carbocycles. The van der Waals surface area contributed by atoms with E-state index in [1.54, 1.807) is 6.20 Å². The van der Waals surface area contributed by atoms with E-state index < -0.39 is 0 Å². The van der Waals surface area contributed by atoms with Crippen molar-refractivity contribution in [3.05, 3.63) is 23.9 Å². The SMILES string of the molecule is OC1COc2ncccc2C1. The van der Waals surface area contributed by atoms with Gasteiger partial charge in [0.25, 0.3) is 0 Å². The molecule has 3 heteroatoms.